The number of fused-ring (bicyclic) bond motifs is 1. The minimum absolute atomic E-state index is 0.170. The highest BCUT2D eigenvalue weighted by molar-refractivity contribution is 8.01. The number of nitrogens with one attached hydrogen (secondary N) is 2. The highest BCUT2D eigenvalue weighted by Crippen LogP contribution is 2.38. The topological polar surface area (TPSA) is 102 Å². The van der Waals surface area contributed by atoms with Crippen LogP contribution in [-0.4, -0.2) is 35.4 Å². The van der Waals surface area contributed by atoms with E-state index >= 15 is 0 Å². The molecule has 3 aromatic carbocycles. The number of hydrogen-bond acceptors (Lipinski definition) is 6. The van der Waals surface area contributed by atoms with Gasteiger partial charge < -0.3 is 15.4 Å². The maximum atomic E-state index is 12.4. The molecular formula is C25H19ClN2O5S. The van der Waals surface area contributed by atoms with Gasteiger partial charge in [-0.25, -0.2) is 0 Å². The molecule has 0 fully saturated rings. The van der Waals surface area contributed by atoms with Crippen molar-refractivity contribution in [2.75, 3.05) is 17.2 Å². The third-order valence-corrected chi connectivity index (χ3v) is 6.49. The molecule has 9 heteroatoms. The Hall–Kier alpha value is -3.62. The molecule has 172 valence electrons. The Kier molecular flexibility index (Phi) is 7.30. The molecule has 4 rings (SSSR count). The number of Topliss-reactive ketones (excluding diaryl/α,β-unsaturated/α-hetero) is 1. The van der Waals surface area contributed by atoms with Crippen LogP contribution in [0.15, 0.2) is 77.7 Å². The summed E-state index contributed by atoms with van der Waals surface area (Å²) in [7, 11) is 0. The first-order valence-electron chi connectivity index (χ1n) is 10.3. The van der Waals surface area contributed by atoms with E-state index in [9.17, 15) is 19.2 Å². The second-order valence-electron chi connectivity index (χ2n) is 7.42. The predicted octanol–water partition coefficient (Wildman–Crippen LogP) is 4.82. The van der Waals surface area contributed by atoms with E-state index in [1.807, 2.05) is 6.07 Å². The lowest BCUT2D eigenvalue weighted by Crippen LogP contribution is -2.31. The van der Waals surface area contributed by atoms with Crippen molar-refractivity contribution in [2.45, 2.75) is 16.6 Å². The number of halogens is 1. The molecule has 0 spiro atoms. The lowest BCUT2D eigenvalue weighted by Gasteiger charge is -2.23. The van der Waals surface area contributed by atoms with Gasteiger partial charge in [-0.3, -0.25) is 19.2 Å². The normalized spacial score (nSPS) is 14.5. The molecule has 1 aliphatic rings. The minimum Gasteiger partial charge on any atom is -0.457 e. The Morgan fingerprint density at radius 1 is 0.971 bits per heavy atom. The zero-order valence-electron chi connectivity index (χ0n) is 17.7. The van der Waals surface area contributed by atoms with Crippen molar-refractivity contribution in [3.8, 4) is 0 Å². The molecule has 2 amide bonds. The summed E-state index contributed by atoms with van der Waals surface area (Å²) in [5, 5.41) is 5.32. The van der Waals surface area contributed by atoms with E-state index in [1.165, 1.54) is 11.8 Å². The Bertz CT molecular complexity index is 1250. The molecule has 34 heavy (non-hydrogen) atoms. The van der Waals surface area contributed by atoms with Crippen LogP contribution in [0.25, 0.3) is 0 Å². The number of carbonyl (C=O) groups excluding carboxylic acids is 4. The summed E-state index contributed by atoms with van der Waals surface area (Å²) in [5.74, 6) is -1.62. The summed E-state index contributed by atoms with van der Waals surface area (Å²) >= 11 is 7.18. The van der Waals surface area contributed by atoms with Gasteiger partial charge in [-0.2, -0.15) is 0 Å². The van der Waals surface area contributed by atoms with Gasteiger partial charge in [-0.15, -0.1) is 11.8 Å². The smallest absolute Gasteiger partial charge is 0.307 e. The second-order valence-corrected chi connectivity index (χ2v) is 9.10. The first kappa shape index (κ1) is 23.5. The van der Waals surface area contributed by atoms with Gasteiger partial charge in [0, 0.05) is 26.7 Å². The van der Waals surface area contributed by atoms with Gasteiger partial charge in [0.15, 0.2) is 12.4 Å². The number of esters is 1. The van der Waals surface area contributed by atoms with Crippen molar-refractivity contribution in [1.29, 1.82) is 0 Å². The lowest BCUT2D eigenvalue weighted by atomic mass is 10.1. The number of hydrogen-bond donors (Lipinski definition) is 2. The summed E-state index contributed by atoms with van der Waals surface area (Å²) in [4.78, 5) is 49.9. The van der Waals surface area contributed by atoms with Crippen LogP contribution in [0.3, 0.4) is 0 Å². The molecule has 2 N–H and O–H groups in total. The molecule has 1 heterocycles. The largest absolute Gasteiger partial charge is 0.457 e. The zero-order chi connectivity index (χ0) is 24.1. The zero-order valence-corrected chi connectivity index (χ0v) is 19.3. The number of carbonyl (C=O) groups is 4. The third kappa shape index (κ3) is 5.84. The number of thioether (sulfide) groups is 1. The number of ether oxygens (including phenoxy) is 1. The molecular weight excluding hydrogens is 476 g/mol. The van der Waals surface area contributed by atoms with Crippen molar-refractivity contribution in [2.24, 2.45) is 0 Å². The molecule has 1 unspecified atom stereocenters. The standard InChI is InChI=1S/C25H19ClN2O5S/c26-17-8-11-21-19(12-17)28-25(32)22(34-21)13-23(30)33-14-20(29)15-6-9-18(10-7-15)27-24(31)16-4-2-1-3-5-16/h1-12,22H,13-14H2,(H,27,31)(H,28,32). The SMILES string of the molecule is O=C(CC1Sc2ccc(Cl)cc2NC1=O)OCC(=O)c1ccc(NC(=O)c2ccccc2)cc1. The fourth-order valence-electron chi connectivity index (χ4n) is 3.23. The Morgan fingerprint density at radius 2 is 1.71 bits per heavy atom. The van der Waals surface area contributed by atoms with Crippen molar-refractivity contribution in [3.63, 3.8) is 0 Å². The molecule has 0 aliphatic carbocycles. The molecule has 1 aliphatic heterocycles. The predicted molar refractivity (Wildman–Crippen MR) is 130 cm³/mol. The van der Waals surface area contributed by atoms with E-state index < -0.39 is 23.6 Å². The van der Waals surface area contributed by atoms with Crippen molar-refractivity contribution >= 4 is 58.3 Å². The van der Waals surface area contributed by atoms with Crippen molar-refractivity contribution in [1.82, 2.24) is 0 Å². The number of benzene rings is 3. The summed E-state index contributed by atoms with van der Waals surface area (Å²) < 4.78 is 5.10. The quantitative estimate of drug-likeness (QED) is 0.360. The Balaban J connectivity index is 1.27. The van der Waals surface area contributed by atoms with Gasteiger partial charge in [0.1, 0.15) is 0 Å². The van der Waals surface area contributed by atoms with Gasteiger partial charge in [-0.1, -0.05) is 29.8 Å². The summed E-state index contributed by atoms with van der Waals surface area (Å²) in [6, 6.07) is 20.2. The third-order valence-electron chi connectivity index (χ3n) is 4.98. The monoisotopic (exact) mass is 494 g/mol. The van der Waals surface area contributed by atoms with Crippen LogP contribution >= 0.6 is 23.4 Å². The Morgan fingerprint density at radius 3 is 2.44 bits per heavy atom. The molecule has 0 radical (unpaired) electrons. The van der Waals surface area contributed by atoms with Crippen LogP contribution in [0, 0.1) is 0 Å². The van der Waals surface area contributed by atoms with Gasteiger partial charge in [0.05, 0.1) is 17.4 Å². The second kappa shape index (κ2) is 10.5. The molecule has 0 bridgehead atoms. The molecule has 0 saturated heterocycles. The number of rotatable bonds is 7. The van der Waals surface area contributed by atoms with Crippen LogP contribution in [-0.2, 0) is 14.3 Å². The van der Waals surface area contributed by atoms with E-state index in [0.29, 0.717) is 27.5 Å². The Labute approximate surface area is 204 Å². The maximum absolute atomic E-state index is 12.4. The van der Waals surface area contributed by atoms with Gasteiger partial charge in [-0.05, 0) is 54.6 Å². The summed E-state index contributed by atoms with van der Waals surface area (Å²) in [5.41, 5.74) is 1.99. The lowest BCUT2D eigenvalue weighted by molar-refractivity contribution is -0.143. The van der Waals surface area contributed by atoms with Crippen molar-refractivity contribution in [3.05, 3.63) is 88.9 Å². The van der Waals surface area contributed by atoms with Crippen LogP contribution in [0.4, 0.5) is 11.4 Å². The molecule has 0 saturated carbocycles. The van der Waals surface area contributed by atoms with Crippen LogP contribution < -0.4 is 10.6 Å². The van der Waals surface area contributed by atoms with Gasteiger partial charge in [0.2, 0.25) is 5.91 Å². The van der Waals surface area contributed by atoms with Gasteiger partial charge >= 0.3 is 5.97 Å². The van der Waals surface area contributed by atoms with Crippen LogP contribution in [0.2, 0.25) is 5.02 Å². The number of amides is 2. The first-order chi connectivity index (χ1) is 16.4. The number of anilines is 2. The first-order valence-corrected chi connectivity index (χ1v) is 11.6. The van der Waals surface area contributed by atoms with E-state index in [2.05, 4.69) is 10.6 Å². The van der Waals surface area contributed by atoms with E-state index in [1.54, 1.807) is 66.7 Å². The van der Waals surface area contributed by atoms with Crippen LogP contribution in [0.5, 0.6) is 0 Å². The van der Waals surface area contributed by atoms with Crippen LogP contribution in [0.1, 0.15) is 27.1 Å². The van der Waals surface area contributed by atoms with E-state index in [4.69, 9.17) is 16.3 Å². The molecule has 3 aromatic rings. The number of ketones is 1. The highest BCUT2D eigenvalue weighted by Gasteiger charge is 2.30. The van der Waals surface area contributed by atoms with E-state index in [-0.39, 0.29) is 18.2 Å². The highest BCUT2D eigenvalue weighted by atomic mass is 35.5. The minimum atomic E-state index is -0.663. The molecule has 1 atom stereocenters. The molecule has 7 nitrogen and oxygen atoms in total. The van der Waals surface area contributed by atoms with Crippen molar-refractivity contribution < 1.29 is 23.9 Å². The van der Waals surface area contributed by atoms with E-state index in [0.717, 1.165) is 4.90 Å². The summed E-state index contributed by atoms with van der Waals surface area (Å²) in [6.45, 7) is -0.445. The average molecular weight is 495 g/mol. The fraction of sp³-hybridized carbons (Fsp3) is 0.120. The average Bonchev–Trinajstić information content (AvgIpc) is 2.84. The summed E-state index contributed by atoms with van der Waals surface area (Å²) in [6.07, 6.45) is -0.170. The maximum Gasteiger partial charge on any atom is 0.307 e. The van der Waals surface area contributed by atoms with Gasteiger partial charge in [0.25, 0.3) is 5.91 Å². The fourth-order valence-corrected chi connectivity index (χ4v) is 4.48. The molecule has 0 aromatic heterocycles.